The zero-order valence-electron chi connectivity index (χ0n) is 26.0. The van der Waals surface area contributed by atoms with Gasteiger partial charge in [-0.3, -0.25) is 4.98 Å². The summed E-state index contributed by atoms with van der Waals surface area (Å²) in [4.78, 5) is 12.7. The zero-order valence-corrected chi connectivity index (χ0v) is 22.4. The number of rotatable bonds is 5. The summed E-state index contributed by atoms with van der Waals surface area (Å²) in [7, 11) is 0. The van der Waals surface area contributed by atoms with Gasteiger partial charge in [0.25, 0.3) is 0 Å². The van der Waals surface area contributed by atoms with Crippen molar-refractivity contribution in [3.8, 4) is 22.5 Å². The number of aryl methyl sites for hydroxylation is 1. The van der Waals surface area contributed by atoms with E-state index in [9.17, 15) is 0 Å². The molecule has 0 aliphatic heterocycles. The van der Waals surface area contributed by atoms with Crippen LogP contribution in [-0.4, -0.2) is 15.0 Å². The van der Waals surface area contributed by atoms with E-state index in [-0.39, 0.29) is 25.7 Å². The number of nitrogens with zero attached hydrogens (tertiary/aromatic N) is 3. The Balaban J connectivity index is 0.000000247. The fourth-order valence-electron chi connectivity index (χ4n) is 3.24. The molecule has 0 unspecified atom stereocenters. The molecule has 0 atom stereocenters. The normalized spacial score (nSPS) is 13.7. The van der Waals surface area contributed by atoms with Gasteiger partial charge in [0, 0.05) is 59.0 Å². The molecule has 3 nitrogen and oxygen atoms in total. The van der Waals surface area contributed by atoms with Gasteiger partial charge in [0.2, 0.25) is 0 Å². The Morgan fingerprint density at radius 2 is 1.72 bits per heavy atom. The van der Waals surface area contributed by atoms with Crippen LogP contribution < -0.4 is 0 Å². The molecule has 0 spiro atoms. The van der Waals surface area contributed by atoms with E-state index < -0.39 is 19.1 Å². The summed E-state index contributed by atoms with van der Waals surface area (Å²) >= 11 is 0. The molecule has 0 fully saturated rings. The standard InChI is InChI=1S/C18H15N2.C14H14N.Ir/c1-14-5-8-16(9-6-14)18-10-7-15(13-20-18)12-17-4-2-3-11-19-17;1-11(2)13-8-9-15-14(10-13)12-6-4-3-5-7-12;/h2-8,10-11,13H,12H2,1H3;3-6,8-11H,1-2H3;/q2*-1;/i1D3,12D2;11D;. The topological polar surface area (TPSA) is 38.7 Å². The minimum Gasteiger partial charge on any atom is -0.305 e. The van der Waals surface area contributed by atoms with Gasteiger partial charge in [-0.05, 0) is 41.0 Å². The van der Waals surface area contributed by atoms with Gasteiger partial charge in [-0.15, -0.1) is 71.3 Å². The SMILES string of the molecule is [2H]C(C)(C)c1ccnc(-c2[c-]cccc2)c1.[2H]C([2H])([2H])c1c[c-]c(-c2ccc(C([2H])([2H])c3ccccn3)cn2)cc1.[Ir]. The first-order chi connectivity index (χ1) is 19.4. The predicted molar refractivity (Wildman–Crippen MR) is 143 cm³/mol. The molecular weight excluding hydrogens is 619 g/mol. The second-order valence-corrected chi connectivity index (χ2v) is 7.97. The zero-order chi connectivity index (χ0) is 29.7. The molecule has 5 aromatic rings. The molecule has 2 aromatic carbocycles. The van der Waals surface area contributed by atoms with Gasteiger partial charge in [0.1, 0.15) is 0 Å². The summed E-state index contributed by atoms with van der Waals surface area (Å²) in [6.07, 6.45) is 3.02. The molecule has 0 bridgehead atoms. The summed E-state index contributed by atoms with van der Waals surface area (Å²) in [5, 5.41) is 0. The van der Waals surface area contributed by atoms with Gasteiger partial charge >= 0.3 is 0 Å². The van der Waals surface area contributed by atoms with E-state index in [4.69, 9.17) is 8.22 Å². The maximum absolute atomic E-state index is 8.27. The van der Waals surface area contributed by atoms with Gasteiger partial charge < -0.3 is 9.97 Å². The Kier molecular flexibility index (Phi) is 7.43. The number of hydrogen-bond acceptors (Lipinski definition) is 3. The van der Waals surface area contributed by atoms with Crippen molar-refractivity contribution in [2.75, 3.05) is 0 Å². The summed E-state index contributed by atoms with van der Waals surface area (Å²) < 4.78 is 46.7. The second-order valence-electron chi connectivity index (χ2n) is 7.97. The first-order valence-electron chi connectivity index (χ1n) is 14.2. The molecule has 0 saturated carbocycles. The third-order valence-corrected chi connectivity index (χ3v) is 5.11. The molecule has 5 rings (SSSR count). The van der Waals surface area contributed by atoms with Gasteiger partial charge in [0.15, 0.2) is 0 Å². The molecule has 3 aromatic heterocycles. The third kappa shape index (κ3) is 7.78. The van der Waals surface area contributed by atoms with Crippen LogP contribution in [0.1, 0.15) is 50.4 Å². The predicted octanol–water partition coefficient (Wildman–Crippen LogP) is 7.51. The Bertz CT molecular complexity index is 1550. The molecule has 36 heavy (non-hydrogen) atoms. The smallest absolute Gasteiger partial charge is 0.0447 e. The van der Waals surface area contributed by atoms with Crippen molar-refractivity contribution in [3.63, 3.8) is 0 Å². The Labute approximate surface area is 236 Å². The molecular formula is C32H29IrN3-2. The van der Waals surface area contributed by atoms with E-state index >= 15 is 0 Å². The van der Waals surface area contributed by atoms with Crippen molar-refractivity contribution in [3.05, 3.63) is 138 Å². The molecule has 3 heterocycles. The Morgan fingerprint density at radius 1 is 0.861 bits per heavy atom. The minimum absolute atomic E-state index is 0. The molecule has 0 N–H and O–H groups in total. The number of pyridine rings is 3. The van der Waals surface area contributed by atoms with Crippen molar-refractivity contribution in [1.82, 2.24) is 15.0 Å². The van der Waals surface area contributed by atoms with E-state index in [1.54, 1.807) is 48.8 Å². The number of benzene rings is 2. The fraction of sp³-hybridized carbons (Fsp3) is 0.156. The van der Waals surface area contributed by atoms with Crippen molar-refractivity contribution in [1.29, 1.82) is 0 Å². The van der Waals surface area contributed by atoms with E-state index in [1.165, 1.54) is 18.3 Å². The Morgan fingerprint density at radius 3 is 2.36 bits per heavy atom. The van der Waals surface area contributed by atoms with Gasteiger partial charge in [-0.1, -0.05) is 50.5 Å². The van der Waals surface area contributed by atoms with E-state index in [0.717, 1.165) is 16.8 Å². The van der Waals surface area contributed by atoms with Crippen LogP contribution in [0.4, 0.5) is 0 Å². The van der Waals surface area contributed by atoms with Crippen LogP contribution >= 0.6 is 0 Å². The van der Waals surface area contributed by atoms with E-state index in [2.05, 4.69) is 27.1 Å². The molecule has 0 amide bonds. The molecule has 0 aliphatic rings. The van der Waals surface area contributed by atoms with Crippen molar-refractivity contribution in [2.24, 2.45) is 0 Å². The van der Waals surface area contributed by atoms with Crippen LogP contribution in [0, 0.1) is 19.0 Å². The monoisotopic (exact) mass is 654 g/mol. The van der Waals surface area contributed by atoms with Crippen LogP contribution in [0.3, 0.4) is 0 Å². The summed E-state index contributed by atoms with van der Waals surface area (Å²) in [6, 6.07) is 30.7. The molecule has 0 aliphatic carbocycles. The van der Waals surface area contributed by atoms with Crippen LogP contribution in [0.5, 0.6) is 0 Å². The van der Waals surface area contributed by atoms with E-state index in [0.29, 0.717) is 22.5 Å². The molecule has 183 valence electrons. The molecule has 1 radical (unpaired) electrons. The fourth-order valence-corrected chi connectivity index (χ4v) is 3.24. The van der Waals surface area contributed by atoms with Gasteiger partial charge in [-0.2, -0.15) is 0 Å². The number of aromatic nitrogens is 3. The summed E-state index contributed by atoms with van der Waals surface area (Å²) in [5.74, 6) is -0.591. The molecule has 0 saturated heterocycles. The van der Waals surface area contributed by atoms with Crippen LogP contribution in [-0.2, 0) is 26.5 Å². The molecule has 4 heteroatoms. The maximum atomic E-state index is 8.27. The first-order valence-corrected chi connectivity index (χ1v) is 11.2. The third-order valence-electron chi connectivity index (χ3n) is 5.11. The minimum atomic E-state index is -2.16. The Hall–Kier alpha value is -3.46. The summed E-state index contributed by atoms with van der Waals surface area (Å²) in [5.41, 5.74) is 4.99. The van der Waals surface area contributed by atoms with Crippen LogP contribution in [0.25, 0.3) is 22.5 Å². The van der Waals surface area contributed by atoms with Crippen LogP contribution in [0.2, 0.25) is 0 Å². The van der Waals surface area contributed by atoms with Gasteiger partial charge in [0.05, 0.1) is 0 Å². The average molecular weight is 654 g/mol. The van der Waals surface area contributed by atoms with Gasteiger partial charge in [-0.25, -0.2) is 0 Å². The van der Waals surface area contributed by atoms with E-state index in [1.807, 2.05) is 50.2 Å². The summed E-state index contributed by atoms with van der Waals surface area (Å²) in [6.45, 7) is 1.59. The quantitative estimate of drug-likeness (QED) is 0.184. The maximum Gasteiger partial charge on any atom is 0.0447 e. The largest absolute Gasteiger partial charge is 0.305 e. The van der Waals surface area contributed by atoms with Crippen molar-refractivity contribution < 1.29 is 28.3 Å². The van der Waals surface area contributed by atoms with Crippen molar-refractivity contribution >= 4 is 0 Å². The number of hydrogen-bond donors (Lipinski definition) is 0. The second kappa shape index (κ2) is 13.6. The van der Waals surface area contributed by atoms with Crippen LogP contribution in [0.15, 0.2) is 104 Å². The average Bonchev–Trinajstić information content (AvgIpc) is 2.98. The first kappa shape index (κ1) is 19.7. The van der Waals surface area contributed by atoms with Crippen molar-refractivity contribution in [2.45, 2.75) is 33.0 Å².